The minimum absolute atomic E-state index is 0.0335. The minimum Gasteiger partial charge on any atom is -0.394 e. The summed E-state index contributed by atoms with van der Waals surface area (Å²) in [5, 5.41) is 20.9. The maximum atomic E-state index is 11.2. The molecule has 0 bridgehead atoms. The summed E-state index contributed by atoms with van der Waals surface area (Å²) in [6.45, 7) is 0.871. The molecular formula is C13H18N2O3. The van der Waals surface area contributed by atoms with Crippen LogP contribution in [-0.2, 0) is 17.8 Å². The van der Waals surface area contributed by atoms with Gasteiger partial charge in [-0.3, -0.25) is 9.69 Å². The van der Waals surface area contributed by atoms with E-state index in [1.54, 1.807) is 0 Å². The number of likely N-dealkylation sites (N-methyl/N-ethyl adjacent to an activating group) is 1. The lowest BCUT2D eigenvalue weighted by Gasteiger charge is -2.19. The van der Waals surface area contributed by atoms with Crippen molar-refractivity contribution in [2.75, 3.05) is 25.5 Å². The molecule has 18 heavy (non-hydrogen) atoms. The lowest BCUT2D eigenvalue weighted by molar-refractivity contribution is -0.115. The van der Waals surface area contributed by atoms with Gasteiger partial charge >= 0.3 is 0 Å². The highest BCUT2D eigenvalue weighted by atomic mass is 16.3. The normalized spacial score (nSPS) is 15.7. The molecule has 3 N–H and O–H groups in total. The number of carbonyl (C=O) groups is 1. The van der Waals surface area contributed by atoms with Crippen LogP contribution in [0.5, 0.6) is 0 Å². The maximum Gasteiger partial charge on any atom is 0.228 e. The number of rotatable bonds is 5. The predicted molar refractivity (Wildman–Crippen MR) is 68.2 cm³/mol. The Labute approximate surface area is 106 Å². The average Bonchev–Trinajstić information content (AvgIpc) is 2.68. The summed E-state index contributed by atoms with van der Waals surface area (Å²) >= 11 is 0. The van der Waals surface area contributed by atoms with Crippen molar-refractivity contribution in [2.45, 2.75) is 19.1 Å². The van der Waals surface area contributed by atoms with E-state index in [0.29, 0.717) is 19.5 Å². The number of fused-ring (bicyclic) bond motifs is 1. The standard InChI is InChI=1S/C13H18N2O3/c1-15(7-11(17)8-16)6-9-2-3-12-10(4-9)5-13(18)14-12/h2-4,11,16-17H,5-8H2,1H3,(H,14,18). The van der Waals surface area contributed by atoms with Crippen LogP contribution < -0.4 is 5.32 Å². The van der Waals surface area contributed by atoms with E-state index >= 15 is 0 Å². The third-order valence-corrected chi connectivity index (χ3v) is 2.98. The number of amides is 1. The molecule has 1 aromatic rings. The molecule has 1 aliphatic heterocycles. The van der Waals surface area contributed by atoms with Crippen molar-refractivity contribution < 1.29 is 15.0 Å². The van der Waals surface area contributed by atoms with E-state index in [9.17, 15) is 9.90 Å². The fourth-order valence-electron chi connectivity index (χ4n) is 2.17. The first-order valence-corrected chi connectivity index (χ1v) is 5.97. The van der Waals surface area contributed by atoms with Crippen LogP contribution in [0.4, 0.5) is 5.69 Å². The fraction of sp³-hybridized carbons (Fsp3) is 0.462. The maximum absolute atomic E-state index is 11.2. The first-order chi connectivity index (χ1) is 8.58. The van der Waals surface area contributed by atoms with Gasteiger partial charge in [0.05, 0.1) is 19.1 Å². The van der Waals surface area contributed by atoms with Crippen molar-refractivity contribution in [3.05, 3.63) is 29.3 Å². The summed E-state index contributed by atoms with van der Waals surface area (Å²) in [7, 11) is 1.88. The zero-order valence-electron chi connectivity index (χ0n) is 10.4. The Balaban J connectivity index is 1.98. The van der Waals surface area contributed by atoms with Gasteiger partial charge in [0.1, 0.15) is 0 Å². The highest BCUT2D eigenvalue weighted by Crippen LogP contribution is 2.24. The largest absolute Gasteiger partial charge is 0.394 e. The zero-order valence-corrected chi connectivity index (χ0v) is 10.4. The SMILES string of the molecule is CN(Cc1ccc2c(c1)CC(=O)N2)CC(O)CO. The van der Waals surface area contributed by atoms with Gasteiger partial charge in [-0.05, 0) is 24.2 Å². The molecule has 1 aromatic carbocycles. The van der Waals surface area contributed by atoms with Gasteiger partial charge < -0.3 is 15.5 Å². The van der Waals surface area contributed by atoms with Gasteiger partial charge in [0, 0.05) is 18.8 Å². The molecule has 5 heteroatoms. The van der Waals surface area contributed by atoms with E-state index in [4.69, 9.17) is 5.11 Å². The Kier molecular flexibility index (Phi) is 3.96. The number of benzene rings is 1. The topological polar surface area (TPSA) is 72.8 Å². The minimum atomic E-state index is -0.715. The molecular weight excluding hydrogens is 232 g/mol. The van der Waals surface area contributed by atoms with Crippen LogP contribution in [0.1, 0.15) is 11.1 Å². The molecule has 1 heterocycles. The Bertz CT molecular complexity index is 448. The van der Waals surface area contributed by atoms with Gasteiger partial charge in [-0.15, -0.1) is 0 Å². The fourth-order valence-corrected chi connectivity index (χ4v) is 2.17. The molecule has 1 amide bonds. The van der Waals surface area contributed by atoms with Crippen molar-refractivity contribution in [1.82, 2.24) is 4.90 Å². The Morgan fingerprint density at radius 3 is 3.00 bits per heavy atom. The van der Waals surface area contributed by atoms with Crippen LogP contribution in [0.3, 0.4) is 0 Å². The van der Waals surface area contributed by atoms with Gasteiger partial charge in [0.25, 0.3) is 0 Å². The molecule has 0 saturated heterocycles. The molecule has 1 atom stereocenters. The molecule has 0 aromatic heterocycles. The second-order valence-electron chi connectivity index (χ2n) is 4.75. The summed E-state index contributed by atoms with van der Waals surface area (Å²) in [6.07, 6.45) is -0.278. The number of hydrogen-bond donors (Lipinski definition) is 3. The first kappa shape index (κ1) is 13.0. The summed E-state index contributed by atoms with van der Waals surface area (Å²) in [5.74, 6) is 0.0335. The van der Waals surface area contributed by atoms with Crippen LogP contribution in [0.2, 0.25) is 0 Å². The number of hydrogen-bond acceptors (Lipinski definition) is 4. The highest BCUT2D eigenvalue weighted by Gasteiger charge is 2.17. The highest BCUT2D eigenvalue weighted by molar-refractivity contribution is 5.99. The summed E-state index contributed by atoms with van der Waals surface area (Å²) in [5.41, 5.74) is 3.01. The van der Waals surface area contributed by atoms with E-state index in [1.807, 2.05) is 30.1 Å². The molecule has 98 valence electrons. The number of carbonyl (C=O) groups excluding carboxylic acids is 1. The van der Waals surface area contributed by atoms with Crippen molar-refractivity contribution in [3.63, 3.8) is 0 Å². The Morgan fingerprint density at radius 1 is 1.50 bits per heavy atom. The second kappa shape index (κ2) is 5.48. The predicted octanol–water partition coefficient (Wildman–Crippen LogP) is -0.0338. The van der Waals surface area contributed by atoms with Crippen LogP contribution in [0, 0.1) is 0 Å². The number of aliphatic hydroxyl groups excluding tert-OH is 2. The Morgan fingerprint density at radius 2 is 2.28 bits per heavy atom. The van der Waals surface area contributed by atoms with Crippen molar-refractivity contribution in [2.24, 2.45) is 0 Å². The van der Waals surface area contributed by atoms with Gasteiger partial charge in [-0.1, -0.05) is 12.1 Å². The van der Waals surface area contributed by atoms with E-state index in [2.05, 4.69) is 5.32 Å². The van der Waals surface area contributed by atoms with Crippen LogP contribution in [-0.4, -0.2) is 47.3 Å². The van der Waals surface area contributed by atoms with E-state index in [0.717, 1.165) is 16.8 Å². The molecule has 0 radical (unpaired) electrons. The number of aliphatic hydroxyl groups is 2. The van der Waals surface area contributed by atoms with Crippen molar-refractivity contribution in [3.8, 4) is 0 Å². The van der Waals surface area contributed by atoms with E-state index in [1.165, 1.54) is 0 Å². The van der Waals surface area contributed by atoms with E-state index < -0.39 is 6.10 Å². The number of nitrogens with one attached hydrogen (secondary N) is 1. The summed E-state index contributed by atoms with van der Waals surface area (Å²) < 4.78 is 0. The lowest BCUT2D eigenvalue weighted by Crippen LogP contribution is -2.30. The van der Waals surface area contributed by atoms with Crippen LogP contribution >= 0.6 is 0 Å². The zero-order chi connectivity index (χ0) is 13.1. The molecule has 0 fully saturated rings. The van der Waals surface area contributed by atoms with Gasteiger partial charge in [-0.25, -0.2) is 0 Å². The monoisotopic (exact) mass is 250 g/mol. The molecule has 0 saturated carbocycles. The number of anilines is 1. The molecule has 5 nitrogen and oxygen atoms in total. The lowest BCUT2D eigenvalue weighted by atomic mass is 10.1. The van der Waals surface area contributed by atoms with Crippen molar-refractivity contribution in [1.29, 1.82) is 0 Å². The first-order valence-electron chi connectivity index (χ1n) is 5.97. The molecule has 1 unspecified atom stereocenters. The average molecular weight is 250 g/mol. The van der Waals surface area contributed by atoms with Gasteiger partial charge in [0.15, 0.2) is 0 Å². The Hall–Kier alpha value is -1.43. The van der Waals surface area contributed by atoms with E-state index in [-0.39, 0.29) is 12.5 Å². The van der Waals surface area contributed by atoms with Crippen molar-refractivity contribution >= 4 is 11.6 Å². The molecule has 2 rings (SSSR count). The summed E-state index contributed by atoms with van der Waals surface area (Å²) in [4.78, 5) is 13.2. The molecule has 1 aliphatic rings. The quantitative estimate of drug-likeness (QED) is 0.686. The summed E-state index contributed by atoms with van der Waals surface area (Å²) in [6, 6.07) is 5.88. The second-order valence-corrected chi connectivity index (χ2v) is 4.75. The smallest absolute Gasteiger partial charge is 0.228 e. The van der Waals surface area contributed by atoms with Crippen LogP contribution in [0.15, 0.2) is 18.2 Å². The molecule has 0 aliphatic carbocycles. The third-order valence-electron chi connectivity index (χ3n) is 2.98. The molecule has 0 spiro atoms. The van der Waals surface area contributed by atoms with Gasteiger partial charge in [0.2, 0.25) is 5.91 Å². The van der Waals surface area contributed by atoms with Crippen LogP contribution in [0.25, 0.3) is 0 Å². The third kappa shape index (κ3) is 3.07. The van der Waals surface area contributed by atoms with Gasteiger partial charge in [-0.2, -0.15) is 0 Å². The number of nitrogens with zero attached hydrogens (tertiary/aromatic N) is 1.